The third kappa shape index (κ3) is 1.78. The zero-order chi connectivity index (χ0) is 11.9. The van der Waals surface area contributed by atoms with Crippen molar-refractivity contribution < 1.29 is 8.78 Å². The molecule has 0 saturated heterocycles. The van der Waals surface area contributed by atoms with E-state index >= 15 is 0 Å². The first kappa shape index (κ1) is 11.3. The fraction of sp³-hybridized carbons (Fsp3) is 0. The topological polar surface area (TPSA) is 38.9 Å². The molecule has 1 heterocycles. The molecule has 0 unspecified atom stereocenters. The number of thiocarbonyl (C=S) groups is 1. The van der Waals surface area contributed by atoms with Crippen molar-refractivity contribution in [3.05, 3.63) is 40.1 Å². The van der Waals surface area contributed by atoms with Gasteiger partial charge in [0.2, 0.25) is 0 Å². The molecule has 16 heavy (non-hydrogen) atoms. The van der Waals surface area contributed by atoms with E-state index < -0.39 is 11.6 Å². The van der Waals surface area contributed by atoms with Gasteiger partial charge in [-0.2, -0.15) is 0 Å². The number of hydrogen-bond donors (Lipinski definition) is 1. The molecule has 1 aromatic heterocycles. The summed E-state index contributed by atoms with van der Waals surface area (Å²) >= 11 is 7.92. The van der Waals surface area contributed by atoms with Gasteiger partial charge in [0, 0.05) is 27.5 Å². The fourth-order valence-electron chi connectivity index (χ4n) is 1.45. The Balaban J connectivity index is 2.98. The maximum Gasteiger partial charge on any atom is 0.135 e. The second kappa shape index (κ2) is 4.03. The molecule has 2 rings (SSSR count). The van der Waals surface area contributed by atoms with Crippen LogP contribution in [-0.4, -0.2) is 9.97 Å². The Morgan fingerprint density at radius 2 is 2.06 bits per heavy atom. The lowest BCUT2D eigenvalue weighted by atomic mass is 10.1. The maximum atomic E-state index is 13.6. The average molecular weight is 303 g/mol. The molecule has 0 amide bonds. The molecule has 0 saturated carbocycles. The maximum absolute atomic E-state index is 13.6. The molecule has 2 aromatic rings. The van der Waals surface area contributed by atoms with Gasteiger partial charge in [-0.15, -0.1) is 0 Å². The lowest BCUT2D eigenvalue weighted by molar-refractivity contribution is 0.591. The van der Waals surface area contributed by atoms with Crippen LogP contribution in [0.25, 0.3) is 10.8 Å². The third-order valence-electron chi connectivity index (χ3n) is 2.09. The van der Waals surface area contributed by atoms with Crippen LogP contribution in [0, 0.1) is 11.6 Å². The summed E-state index contributed by atoms with van der Waals surface area (Å²) < 4.78 is 27.1. The molecular formula is C10H5BrF2N2S. The lowest BCUT2D eigenvalue weighted by Gasteiger charge is -2.07. The van der Waals surface area contributed by atoms with Gasteiger partial charge in [-0.25, -0.2) is 8.78 Å². The summed E-state index contributed by atoms with van der Waals surface area (Å²) in [5.41, 5.74) is 5.65. The zero-order valence-electron chi connectivity index (χ0n) is 7.80. The van der Waals surface area contributed by atoms with Gasteiger partial charge in [0.05, 0.1) is 0 Å². The smallest absolute Gasteiger partial charge is 0.135 e. The van der Waals surface area contributed by atoms with Crippen LogP contribution in [0.1, 0.15) is 5.69 Å². The van der Waals surface area contributed by atoms with E-state index in [0.717, 1.165) is 12.1 Å². The highest BCUT2D eigenvalue weighted by Crippen LogP contribution is 2.28. The zero-order valence-corrected chi connectivity index (χ0v) is 10.2. The number of nitrogens with two attached hydrogens (primary N) is 1. The van der Waals surface area contributed by atoms with Crippen LogP contribution in [0.2, 0.25) is 0 Å². The van der Waals surface area contributed by atoms with E-state index in [1.54, 1.807) is 0 Å². The second-order valence-corrected chi connectivity index (χ2v) is 4.42. The highest BCUT2D eigenvalue weighted by molar-refractivity contribution is 9.10. The molecule has 0 fully saturated rings. The van der Waals surface area contributed by atoms with Crippen molar-refractivity contribution in [3.8, 4) is 0 Å². The number of pyridine rings is 1. The Hall–Kier alpha value is -1.14. The Morgan fingerprint density at radius 3 is 2.69 bits per heavy atom. The van der Waals surface area contributed by atoms with Gasteiger partial charge in [-0.1, -0.05) is 12.2 Å². The molecule has 2 nitrogen and oxygen atoms in total. The molecule has 0 radical (unpaired) electrons. The van der Waals surface area contributed by atoms with Crippen LogP contribution in [0.5, 0.6) is 0 Å². The molecule has 0 aliphatic rings. The number of fused-ring (bicyclic) bond motifs is 1. The summed E-state index contributed by atoms with van der Waals surface area (Å²) in [6.45, 7) is 0. The highest BCUT2D eigenvalue weighted by atomic mass is 79.9. The van der Waals surface area contributed by atoms with Gasteiger partial charge in [0.1, 0.15) is 22.3 Å². The molecule has 0 bridgehead atoms. The number of benzene rings is 1. The highest BCUT2D eigenvalue weighted by Gasteiger charge is 2.13. The van der Waals surface area contributed by atoms with E-state index in [4.69, 9.17) is 18.0 Å². The number of nitrogens with zero attached hydrogens (tertiary/aromatic N) is 1. The van der Waals surface area contributed by atoms with Crippen LogP contribution in [0.15, 0.2) is 22.8 Å². The van der Waals surface area contributed by atoms with Gasteiger partial charge in [0.15, 0.2) is 0 Å². The van der Waals surface area contributed by atoms with Crippen molar-refractivity contribution in [2.24, 2.45) is 5.73 Å². The first-order chi connectivity index (χ1) is 7.50. The van der Waals surface area contributed by atoms with Gasteiger partial charge in [0.25, 0.3) is 0 Å². The molecule has 2 N–H and O–H groups in total. The van der Waals surface area contributed by atoms with E-state index in [-0.39, 0.29) is 21.5 Å². The van der Waals surface area contributed by atoms with Crippen LogP contribution in [0.3, 0.4) is 0 Å². The van der Waals surface area contributed by atoms with E-state index in [2.05, 4.69) is 20.9 Å². The Labute approximate surface area is 104 Å². The van der Waals surface area contributed by atoms with E-state index in [9.17, 15) is 8.78 Å². The monoisotopic (exact) mass is 302 g/mol. The van der Waals surface area contributed by atoms with Crippen molar-refractivity contribution in [1.82, 2.24) is 4.98 Å². The molecule has 0 spiro atoms. The van der Waals surface area contributed by atoms with E-state index in [1.165, 1.54) is 6.20 Å². The van der Waals surface area contributed by atoms with Crippen molar-refractivity contribution in [3.63, 3.8) is 0 Å². The quantitative estimate of drug-likeness (QED) is 0.823. The summed E-state index contributed by atoms with van der Waals surface area (Å²) in [5, 5.41) is 0.485. The summed E-state index contributed by atoms with van der Waals surface area (Å²) in [5.74, 6) is -1.37. The Morgan fingerprint density at radius 1 is 1.38 bits per heavy atom. The largest absolute Gasteiger partial charge is 0.388 e. The second-order valence-electron chi connectivity index (χ2n) is 3.13. The standard InChI is InChI=1S/C10H5BrF2N2S/c11-6-3-15-9(10(14)16)5-1-4(12)2-7(13)8(5)6/h1-3H,(H2,14,16). The molecule has 0 atom stereocenters. The fourth-order valence-corrected chi connectivity index (χ4v) is 2.12. The normalized spacial score (nSPS) is 10.7. The van der Waals surface area contributed by atoms with Gasteiger partial charge in [-0.3, -0.25) is 4.98 Å². The minimum absolute atomic E-state index is 0.00231. The number of hydrogen-bond acceptors (Lipinski definition) is 2. The van der Waals surface area contributed by atoms with Crippen molar-refractivity contribution in [1.29, 1.82) is 0 Å². The molecular weight excluding hydrogens is 298 g/mol. The van der Waals surface area contributed by atoms with Crippen molar-refractivity contribution >= 4 is 43.9 Å². The average Bonchev–Trinajstić information content (AvgIpc) is 2.15. The van der Waals surface area contributed by atoms with Crippen molar-refractivity contribution in [2.45, 2.75) is 0 Å². The first-order valence-electron chi connectivity index (χ1n) is 4.23. The lowest BCUT2D eigenvalue weighted by Crippen LogP contribution is -2.12. The van der Waals surface area contributed by atoms with E-state index in [0.29, 0.717) is 4.47 Å². The number of rotatable bonds is 1. The molecule has 82 valence electrons. The Kier molecular flexibility index (Phi) is 2.86. The predicted molar refractivity (Wildman–Crippen MR) is 65.2 cm³/mol. The summed E-state index contributed by atoms with van der Waals surface area (Å²) in [7, 11) is 0. The van der Waals surface area contributed by atoms with Gasteiger partial charge in [-0.05, 0) is 22.0 Å². The van der Waals surface area contributed by atoms with Crippen LogP contribution < -0.4 is 5.73 Å². The van der Waals surface area contributed by atoms with E-state index in [1.807, 2.05) is 0 Å². The number of halogens is 3. The minimum Gasteiger partial charge on any atom is -0.388 e. The minimum atomic E-state index is -0.692. The predicted octanol–water partition coefficient (Wildman–Crippen LogP) is 2.91. The summed E-state index contributed by atoms with van der Waals surface area (Å²) in [6, 6.07) is 1.96. The van der Waals surface area contributed by atoms with Crippen LogP contribution in [-0.2, 0) is 0 Å². The SMILES string of the molecule is NC(=S)c1ncc(Br)c2c(F)cc(F)cc12. The number of aromatic nitrogens is 1. The van der Waals surface area contributed by atoms with Crippen molar-refractivity contribution in [2.75, 3.05) is 0 Å². The van der Waals surface area contributed by atoms with Gasteiger partial charge < -0.3 is 5.73 Å². The molecule has 0 aliphatic heterocycles. The molecule has 1 aromatic carbocycles. The Bertz CT molecular complexity index is 601. The molecule has 0 aliphatic carbocycles. The van der Waals surface area contributed by atoms with Crippen LogP contribution in [0.4, 0.5) is 8.78 Å². The summed E-state index contributed by atoms with van der Waals surface area (Å²) in [4.78, 5) is 3.94. The van der Waals surface area contributed by atoms with Crippen LogP contribution >= 0.6 is 28.1 Å². The first-order valence-corrected chi connectivity index (χ1v) is 5.44. The van der Waals surface area contributed by atoms with Gasteiger partial charge >= 0.3 is 0 Å². The summed E-state index contributed by atoms with van der Waals surface area (Å²) in [6.07, 6.45) is 1.39. The molecule has 6 heteroatoms. The third-order valence-corrected chi connectivity index (χ3v) is 2.88.